The van der Waals surface area contributed by atoms with Crippen molar-refractivity contribution in [2.24, 2.45) is 0 Å². The van der Waals surface area contributed by atoms with Crippen LogP contribution in [0.5, 0.6) is 5.75 Å². The van der Waals surface area contributed by atoms with E-state index in [2.05, 4.69) is 6.92 Å². The van der Waals surface area contributed by atoms with E-state index in [4.69, 9.17) is 16.3 Å². The van der Waals surface area contributed by atoms with Crippen molar-refractivity contribution in [3.05, 3.63) is 137 Å². The lowest BCUT2D eigenvalue weighted by atomic mass is 9.99. The summed E-state index contributed by atoms with van der Waals surface area (Å²) in [4.78, 5) is 0. The van der Waals surface area contributed by atoms with Gasteiger partial charge in [-0.3, -0.25) is 0 Å². The molecule has 0 amide bonds. The van der Waals surface area contributed by atoms with Crippen molar-refractivity contribution in [2.75, 3.05) is 0 Å². The lowest BCUT2D eigenvalue weighted by Crippen LogP contribution is -2.23. The molecule has 0 fully saturated rings. The Balaban J connectivity index is 1.28. The molecule has 0 spiro atoms. The van der Waals surface area contributed by atoms with Crippen LogP contribution < -0.4 is 4.74 Å². The Labute approximate surface area is 252 Å². The van der Waals surface area contributed by atoms with Gasteiger partial charge in [0.15, 0.2) is 0 Å². The Morgan fingerprint density at radius 1 is 0.605 bits per heavy atom. The maximum atomic E-state index is 15.0. The Morgan fingerprint density at radius 3 is 1.77 bits per heavy atom. The molecule has 0 atom stereocenters. The number of alkyl halides is 2. The van der Waals surface area contributed by atoms with Crippen molar-refractivity contribution in [2.45, 2.75) is 38.7 Å². The largest absolute Gasteiger partial charge is 0.429 e. The van der Waals surface area contributed by atoms with Crippen LogP contribution in [-0.4, -0.2) is 0 Å². The smallest absolute Gasteiger partial charge is 0.429 e. The Hall–Kier alpha value is -4.16. The summed E-state index contributed by atoms with van der Waals surface area (Å²) in [5.74, 6) is -2.52. The summed E-state index contributed by atoms with van der Waals surface area (Å²) in [5.41, 5.74) is 3.04. The molecule has 0 aliphatic rings. The fourth-order valence-electron chi connectivity index (χ4n) is 4.88. The predicted molar refractivity (Wildman–Crippen MR) is 162 cm³/mol. The maximum Gasteiger partial charge on any atom is 0.429 e. The van der Waals surface area contributed by atoms with E-state index in [0.29, 0.717) is 22.3 Å². The highest BCUT2D eigenvalue weighted by Gasteiger charge is 2.37. The van der Waals surface area contributed by atoms with E-state index in [1.54, 1.807) is 6.07 Å². The van der Waals surface area contributed by atoms with Crippen molar-refractivity contribution in [3.8, 4) is 39.1 Å². The van der Waals surface area contributed by atoms with E-state index in [-0.39, 0.29) is 16.3 Å². The van der Waals surface area contributed by atoms with Crippen LogP contribution in [0.1, 0.15) is 37.3 Å². The van der Waals surface area contributed by atoms with Gasteiger partial charge in [0, 0.05) is 5.56 Å². The van der Waals surface area contributed by atoms with Gasteiger partial charge in [0.05, 0.1) is 10.6 Å². The molecule has 0 bridgehead atoms. The number of hydrogen-bond acceptors (Lipinski definition) is 1. The fourth-order valence-corrected chi connectivity index (χ4v) is 5.00. The number of rotatable bonds is 10. The van der Waals surface area contributed by atoms with Crippen LogP contribution in [0.4, 0.5) is 22.0 Å². The second kappa shape index (κ2) is 13.0. The zero-order valence-corrected chi connectivity index (χ0v) is 24.1. The molecule has 0 aromatic heterocycles. The first-order valence-electron chi connectivity index (χ1n) is 14.0. The lowest BCUT2D eigenvalue weighted by Gasteiger charge is -2.19. The van der Waals surface area contributed by atoms with E-state index in [0.717, 1.165) is 49.4 Å². The minimum Gasteiger partial charge on any atom is -0.429 e. The van der Waals surface area contributed by atoms with Crippen molar-refractivity contribution in [1.82, 2.24) is 0 Å². The third-order valence-electron chi connectivity index (χ3n) is 7.27. The Morgan fingerprint density at radius 2 is 1.16 bits per heavy atom. The third-order valence-corrected chi connectivity index (χ3v) is 7.58. The predicted octanol–water partition coefficient (Wildman–Crippen LogP) is 11.6. The normalized spacial score (nSPS) is 11.5. The highest BCUT2D eigenvalue weighted by atomic mass is 35.5. The van der Waals surface area contributed by atoms with Gasteiger partial charge in [-0.05, 0) is 88.7 Å². The summed E-state index contributed by atoms with van der Waals surface area (Å²) < 4.78 is 78.6. The van der Waals surface area contributed by atoms with Gasteiger partial charge in [0.2, 0.25) is 0 Å². The van der Waals surface area contributed by atoms with Crippen LogP contribution in [0.3, 0.4) is 0 Å². The molecule has 0 saturated heterocycles. The number of halogens is 6. The lowest BCUT2D eigenvalue weighted by molar-refractivity contribution is -0.187. The van der Waals surface area contributed by atoms with Crippen LogP contribution in [0.15, 0.2) is 103 Å². The molecule has 5 aromatic carbocycles. The van der Waals surface area contributed by atoms with Gasteiger partial charge in [-0.15, -0.1) is 0 Å². The van der Waals surface area contributed by atoms with Crippen molar-refractivity contribution in [3.63, 3.8) is 0 Å². The number of unbranched alkanes of at least 4 members (excludes halogenated alkanes) is 2. The van der Waals surface area contributed by atoms with Crippen molar-refractivity contribution < 1.29 is 26.7 Å². The van der Waals surface area contributed by atoms with E-state index in [9.17, 15) is 13.2 Å². The number of ether oxygens (including phenoxy) is 1. The summed E-state index contributed by atoms with van der Waals surface area (Å²) in [6.45, 7) is 2.14. The fraction of sp³-hybridized carbons (Fsp3) is 0.167. The van der Waals surface area contributed by atoms with Gasteiger partial charge in [-0.25, -0.2) is 13.2 Å². The first kappa shape index (κ1) is 30.3. The molecule has 0 aliphatic heterocycles. The van der Waals surface area contributed by atoms with Gasteiger partial charge in [-0.2, -0.15) is 8.78 Å². The number of hydrogen-bond donors (Lipinski definition) is 0. The Kier molecular flexibility index (Phi) is 9.16. The van der Waals surface area contributed by atoms with Gasteiger partial charge < -0.3 is 4.74 Å². The highest BCUT2D eigenvalue weighted by molar-refractivity contribution is 6.30. The second-order valence-corrected chi connectivity index (χ2v) is 10.7. The molecule has 1 nitrogen and oxygen atoms in total. The van der Waals surface area contributed by atoms with Crippen LogP contribution >= 0.6 is 11.6 Å². The minimum atomic E-state index is -3.94. The van der Waals surface area contributed by atoms with Crippen LogP contribution in [-0.2, 0) is 12.5 Å². The monoisotopic (exact) mass is 606 g/mol. The highest BCUT2D eigenvalue weighted by Crippen LogP contribution is 2.36. The quantitative estimate of drug-likeness (QED) is 0.113. The Bertz CT molecular complexity index is 1720. The molecule has 0 unspecified atom stereocenters. The summed E-state index contributed by atoms with van der Waals surface area (Å²) in [6, 6.07) is 25.2. The van der Waals surface area contributed by atoms with E-state index in [1.807, 2.05) is 24.3 Å². The van der Waals surface area contributed by atoms with Gasteiger partial charge in [-0.1, -0.05) is 92.0 Å². The number of benzene rings is 5. The molecular formula is C36H28ClF5O. The minimum absolute atomic E-state index is 0.0629. The molecule has 0 radical (unpaired) electrons. The summed E-state index contributed by atoms with van der Waals surface area (Å²) in [6.07, 6.45) is 0.405. The molecule has 43 heavy (non-hydrogen) atoms. The molecule has 0 heterocycles. The third kappa shape index (κ3) is 7.08. The molecule has 220 valence electrons. The molecule has 0 aliphatic carbocycles. The van der Waals surface area contributed by atoms with Crippen LogP contribution in [0.2, 0.25) is 5.02 Å². The first-order valence-corrected chi connectivity index (χ1v) is 14.3. The second-order valence-electron chi connectivity index (χ2n) is 10.3. The standard InChI is InChI=1S/C36H28ClF5O/c1-2-3-4-5-23-6-8-24(9-7-23)27-13-18-31(34(39)21-27)36(41,42)43-29-15-10-25(11-16-29)26-12-17-30(33(38)20-26)28-14-19-32(37)35(40)22-28/h6-22H,2-5H2,1H3. The van der Waals surface area contributed by atoms with E-state index >= 15 is 8.78 Å². The zero-order chi connectivity index (χ0) is 30.6. The van der Waals surface area contributed by atoms with Gasteiger partial charge in [0.1, 0.15) is 23.2 Å². The summed E-state index contributed by atoms with van der Waals surface area (Å²) in [7, 11) is 0. The average molecular weight is 607 g/mol. The van der Waals surface area contributed by atoms with E-state index in [1.165, 1.54) is 60.2 Å². The van der Waals surface area contributed by atoms with E-state index < -0.39 is 29.1 Å². The topological polar surface area (TPSA) is 9.23 Å². The van der Waals surface area contributed by atoms with Gasteiger partial charge >= 0.3 is 6.11 Å². The average Bonchev–Trinajstić information content (AvgIpc) is 2.99. The van der Waals surface area contributed by atoms with Gasteiger partial charge in [0.25, 0.3) is 0 Å². The van der Waals surface area contributed by atoms with Crippen molar-refractivity contribution in [1.29, 1.82) is 0 Å². The zero-order valence-electron chi connectivity index (χ0n) is 23.3. The first-order chi connectivity index (χ1) is 20.6. The van der Waals surface area contributed by atoms with Crippen LogP contribution in [0.25, 0.3) is 33.4 Å². The molecule has 0 saturated carbocycles. The molecule has 7 heteroatoms. The summed E-state index contributed by atoms with van der Waals surface area (Å²) >= 11 is 5.71. The summed E-state index contributed by atoms with van der Waals surface area (Å²) in [5, 5.41) is -0.0629. The molecule has 0 N–H and O–H groups in total. The SMILES string of the molecule is CCCCCc1ccc(-c2ccc(C(F)(F)Oc3ccc(-c4ccc(-c5ccc(Cl)c(F)c5)c(F)c4)cc3)c(F)c2)cc1. The molecule has 5 rings (SSSR count). The molecular weight excluding hydrogens is 579 g/mol. The van der Waals surface area contributed by atoms with Crippen molar-refractivity contribution >= 4 is 11.6 Å². The molecule has 5 aromatic rings. The van der Waals surface area contributed by atoms with Crippen LogP contribution in [0, 0.1) is 17.5 Å². The number of aryl methyl sites for hydroxylation is 1. The maximum absolute atomic E-state index is 15.0.